The van der Waals surface area contributed by atoms with Gasteiger partial charge in [0, 0.05) is 23.6 Å². The first-order valence-corrected chi connectivity index (χ1v) is 11.0. The monoisotopic (exact) mass is 468 g/mol. The molecule has 2 heterocycles. The number of rotatable bonds is 7. The van der Waals surface area contributed by atoms with Crippen molar-refractivity contribution in [1.29, 1.82) is 0 Å². The molecule has 9 heteroatoms. The Morgan fingerprint density at radius 1 is 1.15 bits per heavy atom. The van der Waals surface area contributed by atoms with Crippen LogP contribution in [0.4, 0.5) is 8.78 Å². The van der Waals surface area contributed by atoms with Gasteiger partial charge >= 0.3 is 0 Å². The summed E-state index contributed by atoms with van der Waals surface area (Å²) in [5.41, 5.74) is 0.146. The summed E-state index contributed by atoms with van der Waals surface area (Å²) < 4.78 is 29.4. The fraction of sp³-hybridized carbons (Fsp3) is 0.208. The molecule has 1 unspecified atom stereocenters. The van der Waals surface area contributed by atoms with Crippen LogP contribution in [0.2, 0.25) is 0 Å². The van der Waals surface area contributed by atoms with Crippen LogP contribution in [0.3, 0.4) is 0 Å². The van der Waals surface area contributed by atoms with Crippen LogP contribution in [-0.2, 0) is 12.1 Å². The predicted octanol–water partition coefficient (Wildman–Crippen LogP) is 4.25. The second-order valence-electron chi connectivity index (χ2n) is 7.94. The Morgan fingerprint density at radius 3 is 2.58 bits per heavy atom. The van der Waals surface area contributed by atoms with Crippen molar-refractivity contribution < 1.29 is 18.7 Å². The molecule has 1 atom stereocenters. The fourth-order valence-corrected chi connectivity index (χ4v) is 4.65. The minimum absolute atomic E-state index is 0.134. The van der Waals surface area contributed by atoms with E-state index in [2.05, 4.69) is 10.1 Å². The van der Waals surface area contributed by atoms with Crippen molar-refractivity contribution in [3.63, 3.8) is 0 Å². The van der Waals surface area contributed by atoms with E-state index < -0.39 is 17.2 Å². The Morgan fingerprint density at radius 2 is 1.91 bits per heavy atom. The molecule has 0 aliphatic heterocycles. The molecular weight excluding hydrogens is 446 g/mol. The summed E-state index contributed by atoms with van der Waals surface area (Å²) in [7, 11) is 1.53. The molecule has 4 rings (SSSR count). The lowest BCUT2D eigenvalue weighted by Gasteiger charge is -2.33. The average molecular weight is 469 g/mol. The Labute approximate surface area is 193 Å². The van der Waals surface area contributed by atoms with Crippen molar-refractivity contribution in [1.82, 2.24) is 19.7 Å². The number of thiophene rings is 1. The molecule has 0 saturated heterocycles. The van der Waals surface area contributed by atoms with Gasteiger partial charge in [-0.25, -0.2) is 18.4 Å². The lowest BCUT2D eigenvalue weighted by Crippen LogP contribution is -2.45. The Hall–Kier alpha value is -3.43. The summed E-state index contributed by atoms with van der Waals surface area (Å²) >= 11 is 1.34. The standard InChI is InChI=1S/C24H22F2N4O2S/c1-16-3-5-17(6-4-16)21-9-10-22(33-21)23(31)29(2)12-24(32,13-30-15-27-14-28-30)19-8-7-18(25)11-20(19)26/h3-11,14-15,32H,12-13H2,1-2H3. The van der Waals surface area contributed by atoms with E-state index in [-0.39, 0.29) is 24.6 Å². The molecule has 4 aromatic rings. The molecule has 170 valence electrons. The highest BCUT2D eigenvalue weighted by molar-refractivity contribution is 7.17. The quantitative estimate of drug-likeness (QED) is 0.440. The summed E-state index contributed by atoms with van der Waals surface area (Å²) in [6, 6.07) is 14.6. The van der Waals surface area contributed by atoms with Crippen LogP contribution in [-0.4, -0.2) is 44.3 Å². The molecule has 0 radical (unpaired) electrons. The van der Waals surface area contributed by atoms with Gasteiger partial charge in [0.2, 0.25) is 0 Å². The molecule has 0 saturated carbocycles. The van der Waals surface area contributed by atoms with Gasteiger partial charge in [0.05, 0.1) is 18.0 Å². The van der Waals surface area contributed by atoms with Crippen LogP contribution in [0, 0.1) is 18.6 Å². The number of hydrogen-bond donors (Lipinski definition) is 1. The van der Waals surface area contributed by atoms with Crippen LogP contribution in [0.15, 0.2) is 67.3 Å². The number of carbonyl (C=O) groups excluding carboxylic acids is 1. The van der Waals surface area contributed by atoms with E-state index in [1.165, 1.54) is 46.7 Å². The van der Waals surface area contributed by atoms with Gasteiger partial charge in [-0.3, -0.25) is 4.79 Å². The van der Waals surface area contributed by atoms with Gasteiger partial charge in [-0.05, 0) is 30.7 Å². The molecule has 2 aromatic carbocycles. The summed E-state index contributed by atoms with van der Waals surface area (Å²) in [6.45, 7) is 1.59. The van der Waals surface area contributed by atoms with Crippen LogP contribution in [0.1, 0.15) is 20.8 Å². The molecule has 1 amide bonds. The summed E-state index contributed by atoms with van der Waals surface area (Å²) in [4.78, 5) is 19.7. The maximum atomic E-state index is 14.6. The largest absolute Gasteiger partial charge is 0.381 e. The molecule has 33 heavy (non-hydrogen) atoms. The zero-order valence-corrected chi connectivity index (χ0v) is 18.9. The zero-order chi connectivity index (χ0) is 23.6. The second-order valence-corrected chi connectivity index (χ2v) is 9.02. The van der Waals surface area contributed by atoms with Gasteiger partial charge in [-0.2, -0.15) is 5.10 Å². The highest BCUT2D eigenvalue weighted by Crippen LogP contribution is 2.31. The van der Waals surface area contributed by atoms with Crippen molar-refractivity contribution in [3.05, 3.63) is 94.9 Å². The molecule has 2 aromatic heterocycles. The van der Waals surface area contributed by atoms with Crippen molar-refractivity contribution in [2.24, 2.45) is 0 Å². The minimum Gasteiger partial charge on any atom is -0.381 e. The number of aliphatic hydroxyl groups is 1. The third-order valence-electron chi connectivity index (χ3n) is 5.32. The molecule has 0 aliphatic rings. The Kier molecular flexibility index (Phi) is 6.35. The van der Waals surface area contributed by atoms with Gasteiger partial charge in [0.1, 0.15) is 29.9 Å². The number of amides is 1. The van der Waals surface area contributed by atoms with E-state index in [1.54, 1.807) is 6.07 Å². The van der Waals surface area contributed by atoms with Gasteiger partial charge in [-0.15, -0.1) is 11.3 Å². The van der Waals surface area contributed by atoms with E-state index in [4.69, 9.17) is 0 Å². The Bertz CT molecular complexity index is 1260. The fourth-order valence-electron chi connectivity index (χ4n) is 3.65. The van der Waals surface area contributed by atoms with E-state index in [1.807, 2.05) is 37.3 Å². The predicted molar refractivity (Wildman–Crippen MR) is 122 cm³/mol. The molecule has 6 nitrogen and oxygen atoms in total. The number of aromatic nitrogens is 3. The molecule has 0 aliphatic carbocycles. The van der Waals surface area contributed by atoms with Crippen LogP contribution >= 0.6 is 11.3 Å². The SMILES string of the molecule is Cc1ccc(-c2ccc(C(=O)N(C)CC(O)(Cn3cncn3)c3ccc(F)cc3F)s2)cc1. The molecular formula is C24H22F2N4O2S. The third-order valence-corrected chi connectivity index (χ3v) is 6.44. The maximum Gasteiger partial charge on any atom is 0.263 e. The first kappa shape index (κ1) is 22.8. The molecule has 0 spiro atoms. The van der Waals surface area contributed by atoms with Crippen molar-refractivity contribution in [3.8, 4) is 10.4 Å². The maximum absolute atomic E-state index is 14.6. The number of carbonyl (C=O) groups is 1. The zero-order valence-electron chi connectivity index (χ0n) is 18.1. The van der Waals surface area contributed by atoms with Crippen LogP contribution in [0.5, 0.6) is 0 Å². The second kappa shape index (κ2) is 9.21. The van der Waals surface area contributed by atoms with Crippen LogP contribution in [0.25, 0.3) is 10.4 Å². The highest BCUT2D eigenvalue weighted by atomic mass is 32.1. The first-order chi connectivity index (χ1) is 15.7. The highest BCUT2D eigenvalue weighted by Gasteiger charge is 2.36. The first-order valence-electron chi connectivity index (χ1n) is 10.2. The number of halogens is 2. The van der Waals surface area contributed by atoms with Crippen molar-refractivity contribution >= 4 is 17.2 Å². The average Bonchev–Trinajstić information content (AvgIpc) is 3.45. The lowest BCUT2D eigenvalue weighted by atomic mass is 9.92. The van der Waals surface area contributed by atoms with E-state index in [0.717, 1.165) is 22.1 Å². The van der Waals surface area contributed by atoms with Gasteiger partial charge in [0.25, 0.3) is 5.91 Å². The van der Waals surface area contributed by atoms with E-state index in [9.17, 15) is 18.7 Å². The topological polar surface area (TPSA) is 71.2 Å². The molecule has 1 N–H and O–H groups in total. The lowest BCUT2D eigenvalue weighted by molar-refractivity contribution is -0.0127. The number of likely N-dealkylation sites (N-methyl/N-ethyl adjacent to an activating group) is 1. The number of hydrogen-bond acceptors (Lipinski definition) is 5. The molecule has 0 bridgehead atoms. The minimum atomic E-state index is -1.87. The van der Waals surface area contributed by atoms with Crippen molar-refractivity contribution in [2.75, 3.05) is 13.6 Å². The van der Waals surface area contributed by atoms with E-state index >= 15 is 0 Å². The number of benzene rings is 2. The van der Waals surface area contributed by atoms with Crippen molar-refractivity contribution in [2.45, 2.75) is 19.1 Å². The van der Waals surface area contributed by atoms with E-state index in [0.29, 0.717) is 10.9 Å². The summed E-state index contributed by atoms with van der Waals surface area (Å²) in [5.74, 6) is -1.99. The Balaban J connectivity index is 1.59. The van der Waals surface area contributed by atoms with Gasteiger partial charge < -0.3 is 10.0 Å². The number of aryl methyl sites for hydroxylation is 1. The summed E-state index contributed by atoms with van der Waals surface area (Å²) in [6.07, 6.45) is 2.66. The van der Waals surface area contributed by atoms with Crippen LogP contribution < -0.4 is 0 Å². The number of nitrogens with zero attached hydrogens (tertiary/aromatic N) is 4. The molecule has 0 fully saturated rings. The summed E-state index contributed by atoms with van der Waals surface area (Å²) in [5, 5.41) is 15.4. The van der Waals surface area contributed by atoms with Gasteiger partial charge in [0.15, 0.2) is 0 Å². The smallest absolute Gasteiger partial charge is 0.263 e. The third kappa shape index (κ3) is 4.99. The normalized spacial score (nSPS) is 13.0. The van der Waals surface area contributed by atoms with Gasteiger partial charge in [-0.1, -0.05) is 35.9 Å².